The minimum absolute atomic E-state index is 0.629. The van der Waals surface area contributed by atoms with Crippen LogP contribution in [0.2, 0.25) is 0 Å². The number of nitrogens with one attached hydrogen (secondary N) is 1. The molecule has 0 aliphatic carbocycles. The number of carboxylic acid groups (broad SMARTS) is 1. The zero-order valence-electron chi connectivity index (χ0n) is 11.5. The Morgan fingerprint density at radius 3 is 2.45 bits per heavy atom. The average molecular weight is 271 g/mol. The van der Waals surface area contributed by atoms with E-state index in [0.29, 0.717) is 11.3 Å². The van der Waals surface area contributed by atoms with Gasteiger partial charge in [0.2, 0.25) is 0 Å². The summed E-state index contributed by atoms with van der Waals surface area (Å²) < 4.78 is 5.16. The number of para-hydroxylation sites is 1. The lowest BCUT2D eigenvalue weighted by Crippen LogP contribution is -2.40. The van der Waals surface area contributed by atoms with Crippen molar-refractivity contribution in [2.24, 2.45) is 0 Å². The molecule has 2 rings (SSSR count). The highest BCUT2D eigenvalue weighted by Gasteiger charge is 2.35. The van der Waals surface area contributed by atoms with Crippen molar-refractivity contribution in [2.45, 2.75) is 12.5 Å². The third-order valence-electron chi connectivity index (χ3n) is 3.24. The SMILES string of the molecule is COc1cccc(C(C)(Nc2ccccc2)C(=O)O)c1. The van der Waals surface area contributed by atoms with Crippen molar-refractivity contribution in [3.05, 3.63) is 60.2 Å². The van der Waals surface area contributed by atoms with Crippen LogP contribution in [0.1, 0.15) is 12.5 Å². The van der Waals surface area contributed by atoms with E-state index in [1.54, 1.807) is 38.3 Å². The van der Waals surface area contributed by atoms with Gasteiger partial charge in [0.05, 0.1) is 7.11 Å². The van der Waals surface area contributed by atoms with Crippen molar-refractivity contribution >= 4 is 11.7 Å². The molecule has 4 heteroatoms. The molecule has 0 saturated carbocycles. The third kappa shape index (κ3) is 2.74. The molecule has 1 atom stereocenters. The molecule has 0 aliphatic heterocycles. The summed E-state index contributed by atoms with van der Waals surface area (Å²) in [6.07, 6.45) is 0. The lowest BCUT2D eigenvalue weighted by Gasteiger charge is -2.28. The number of carbonyl (C=O) groups is 1. The smallest absolute Gasteiger partial charge is 0.333 e. The Bertz CT molecular complexity index is 598. The fraction of sp³-hybridized carbons (Fsp3) is 0.188. The Labute approximate surface area is 118 Å². The monoisotopic (exact) mass is 271 g/mol. The van der Waals surface area contributed by atoms with Crippen molar-refractivity contribution in [3.63, 3.8) is 0 Å². The van der Waals surface area contributed by atoms with Crippen LogP contribution in [0, 0.1) is 0 Å². The van der Waals surface area contributed by atoms with Gasteiger partial charge < -0.3 is 15.2 Å². The largest absolute Gasteiger partial charge is 0.497 e. The first-order valence-corrected chi connectivity index (χ1v) is 6.27. The van der Waals surface area contributed by atoms with Gasteiger partial charge >= 0.3 is 5.97 Å². The van der Waals surface area contributed by atoms with Gasteiger partial charge in [-0.05, 0) is 36.8 Å². The maximum absolute atomic E-state index is 11.7. The van der Waals surface area contributed by atoms with E-state index >= 15 is 0 Å². The summed E-state index contributed by atoms with van der Waals surface area (Å²) in [5.41, 5.74) is 0.157. The molecule has 0 saturated heterocycles. The lowest BCUT2D eigenvalue weighted by atomic mass is 9.91. The van der Waals surface area contributed by atoms with Crippen LogP contribution in [0.4, 0.5) is 5.69 Å². The number of hydrogen-bond acceptors (Lipinski definition) is 3. The van der Waals surface area contributed by atoms with Crippen LogP contribution in [0.25, 0.3) is 0 Å². The first-order valence-electron chi connectivity index (χ1n) is 6.27. The molecule has 0 amide bonds. The minimum atomic E-state index is -1.23. The summed E-state index contributed by atoms with van der Waals surface area (Å²) in [5.74, 6) is -0.320. The second-order valence-electron chi connectivity index (χ2n) is 4.65. The Balaban J connectivity index is 2.41. The summed E-state index contributed by atoms with van der Waals surface area (Å²) in [5, 5.41) is 12.7. The molecule has 0 bridgehead atoms. The van der Waals surface area contributed by atoms with Crippen LogP contribution < -0.4 is 10.1 Å². The van der Waals surface area contributed by atoms with Crippen LogP contribution in [0.15, 0.2) is 54.6 Å². The van der Waals surface area contributed by atoms with Crippen molar-refractivity contribution in [1.82, 2.24) is 0 Å². The van der Waals surface area contributed by atoms with E-state index in [9.17, 15) is 9.90 Å². The molecule has 0 aliphatic rings. The molecule has 4 nitrogen and oxygen atoms in total. The average Bonchev–Trinajstić information content (AvgIpc) is 2.48. The van der Waals surface area contributed by atoms with E-state index in [-0.39, 0.29) is 0 Å². The van der Waals surface area contributed by atoms with Crippen molar-refractivity contribution in [3.8, 4) is 5.75 Å². The van der Waals surface area contributed by atoms with E-state index in [4.69, 9.17) is 4.74 Å². The Morgan fingerprint density at radius 1 is 1.15 bits per heavy atom. The number of carboxylic acids is 1. The standard InChI is InChI=1S/C16H17NO3/c1-16(15(18)19,17-13-8-4-3-5-9-13)12-7-6-10-14(11-12)20-2/h3-11,17H,1-2H3,(H,18,19). The molecule has 0 aromatic heterocycles. The quantitative estimate of drug-likeness (QED) is 0.877. The topological polar surface area (TPSA) is 58.6 Å². The van der Waals surface area contributed by atoms with Gasteiger partial charge in [-0.15, -0.1) is 0 Å². The van der Waals surface area contributed by atoms with E-state index in [2.05, 4.69) is 5.32 Å². The van der Waals surface area contributed by atoms with Gasteiger partial charge in [-0.3, -0.25) is 0 Å². The molecule has 104 valence electrons. The summed E-state index contributed by atoms with van der Waals surface area (Å²) in [4.78, 5) is 11.7. The zero-order chi connectivity index (χ0) is 14.6. The van der Waals surface area contributed by atoms with Crippen molar-refractivity contribution < 1.29 is 14.6 Å². The normalized spacial score (nSPS) is 13.3. The van der Waals surface area contributed by atoms with Crippen LogP contribution >= 0.6 is 0 Å². The number of methoxy groups -OCH3 is 1. The van der Waals surface area contributed by atoms with Crippen LogP contribution in [-0.4, -0.2) is 18.2 Å². The number of aliphatic carboxylic acids is 1. The molecule has 0 spiro atoms. The van der Waals surface area contributed by atoms with Crippen LogP contribution in [0.3, 0.4) is 0 Å². The van der Waals surface area contributed by atoms with E-state index < -0.39 is 11.5 Å². The minimum Gasteiger partial charge on any atom is -0.497 e. The Hall–Kier alpha value is -2.49. The van der Waals surface area contributed by atoms with Gasteiger partial charge in [-0.25, -0.2) is 4.79 Å². The van der Waals surface area contributed by atoms with Gasteiger partial charge in [0.25, 0.3) is 0 Å². The molecular formula is C16H17NO3. The Morgan fingerprint density at radius 2 is 1.85 bits per heavy atom. The highest BCUT2D eigenvalue weighted by Crippen LogP contribution is 2.29. The number of benzene rings is 2. The summed E-state index contributed by atoms with van der Waals surface area (Å²) >= 11 is 0. The highest BCUT2D eigenvalue weighted by atomic mass is 16.5. The van der Waals surface area contributed by atoms with Gasteiger partial charge in [0.1, 0.15) is 5.75 Å². The molecule has 0 heterocycles. The number of anilines is 1. The summed E-state index contributed by atoms with van der Waals surface area (Å²) in [6.45, 7) is 1.64. The maximum atomic E-state index is 11.7. The fourth-order valence-corrected chi connectivity index (χ4v) is 1.99. The zero-order valence-corrected chi connectivity index (χ0v) is 11.5. The fourth-order valence-electron chi connectivity index (χ4n) is 1.99. The Kier molecular flexibility index (Phi) is 3.94. The van der Waals surface area contributed by atoms with Crippen molar-refractivity contribution in [2.75, 3.05) is 12.4 Å². The molecule has 0 radical (unpaired) electrons. The molecule has 1 unspecified atom stereocenters. The molecule has 2 N–H and O–H groups in total. The molecule has 2 aromatic rings. The highest BCUT2D eigenvalue weighted by molar-refractivity contribution is 5.84. The second kappa shape index (κ2) is 5.65. The van der Waals surface area contributed by atoms with E-state index in [0.717, 1.165) is 5.69 Å². The predicted octanol–water partition coefficient (Wildman–Crippen LogP) is 3.11. The van der Waals surface area contributed by atoms with E-state index in [1.807, 2.05) is 30.3 Å². The van der Waals surface area contributed by atoms with Crippen LogP contribution in [0.5, 0.6) is 5.75 Å². The summed E-state index contributed by atoms with van der Waals surface area (Å²) in [7, 11) is 1.56. The molecule has 2 aromatic carbocycles. The van der Waals surface area contributed by atoms with Crippen molar-refractivity contribution in [1.29, 1.82) is 0 Å². The van der Waals surface area contributed by atoms with E-state index in [1.165, 1.54) is 0 Å². The summed E-state index contributed by atoms with van der Waals surface area (Å²) in [6, 6.07) is 16.3. The molecule has 0 fully saturated rings. The van der Waals surface area contributed by atoms with Crippen LogP contribution in [-0.2, 0) is 10.3 Å². The second-order valence-corrected chi connectivity index (χ2v) is 4.65. The number of rotatable bonds is 5. The predicted molar refractivity (Wildman–Crippen MR) is 78.0 cm³/mol. The molecular weight excluding hydrogens is 254 g/mol. The first kappa shape index (κ1) is 13.9. The first-order chi connectivity index (χ1) is 9.56. The number of ether oxygens (including phenoxy) is 1. The van der Waals surface area contributed by atoms with Gasteiger partial charge in [-0.1, -0.05) is 30.3 Å². The lowest BCUT2D eigenvalue weighted by molar-refractivity contribution is -0.142. The third-order valence-corrected chi connectivity index (χ3v) is 3.24. The van der Waals surface area contributed by atoms with Gasteiger partial charge in [0, 0.05) is 5.69 Å². The van der Waals surface area contributed by atoms with Gasteiger partial charge in [-0.2, -0.15) is 0 Å². The van der Waals surface area contributed by atoms with Gasteiger partial charge in [0.15, 0.2) is 5.54 Å². The maximum Gasteiger partial charge on any atom is 0.333 e. The number of hydrogen-bond donors (Lipinski definition) is 2. The molecule has 20 heavy (non-hydrogen) atoms.